The number of nitrogens with zero attached hydrogens (tertiary/aromatic N) is 1. The summed E-state index contributed by atoms with van der Waals surface area (Å²) >= 11 is 5.95. The Hall–Kier alpha value is -1.36. The molecule has 2 N–H and O–H groups in total. The number of aromatic nitrogens is 2. The van der Waals surface area contributed by atoms with Gasteiger partial charge in [-0.1, -0.05) is 23.7 Å². The van der Waals surface area contributed by atoms with E-state index in [1.165, 1.54) is 5.56 Å². The molecule has 0 unspecified atom stereocenters. The molecule has 1 heterocycles. The van der Waals surface area contributed by atoms with Crippen LogP contribution in [0.3, 0.4) is 0 Å². The van der Waals surface area contributed by atoms with Gasteiger partial charge in [0.25, 0.3) is 0 Å². The highest BCUT2D eigenvalue weighted by Crippen LogP contribution is 2.23. The summed E-state index contributed by atoms with van der Waals surface area (Å²) in [6.07, 6.45) is 4.65. The smallest absolute Gasteiger partial charge is 0.0534 e. The standard InChI is InChI=1S/C15H20ClN3O/c1-11(13-9-17-18-10-13)19-15(7-8-20-2)12-3-5-14(16)6-4-12/h3-6,9-11,15,19H,7-8H2,1-2H3,(H,17,18)/t11-,15-/m0/s1. The molecule has 0 radical (unpaired) electrons. The molecule has 0 bridgehead atoms. The van der Waals surface area contributed by atoms with Crippen LogP contribution in [0.1, 0.15) is 36.6 Å². The Labute approximate surface area is 124 Å². The van der Waals surface area contributed by atoms with Gasteiger partial charge < -0.3 is 10.1 Å². The van der Waals surface area contributed by atoms with Crippen LogP contribution in [0.4, 0.5) is 0 Å². The maximum absolute atomic E-state index is 5.95. The van der Waals surface area contributed by atoms with E-state index in [2.05, 4.69) is 34.6 Å². The molecule has 20 heavy (non-hydrogen) atoms. The van der Waals surface area contributed by atoms with Crippen LogP contribution in [0.15, 0.2) is 36.7 Å². The lowest BCUT2D eigenvalue weighted by Gasteiger charge is -2.23. The lowest BCUT2D eigenvalue weighted by atomic mass is 10.0. The highest BCUT2D eigenvalue weighted by atomic mass is 35.5. The summed E-state index contributed by atoms with van der Waals surface area (Å²) in [5.41, 5.74) is 2.35. The molecular formula is C15H20ClN3O. The average Bonchev–Trinajstić information content (AvgIpc) is 2.98. The van der Waals surface area contributed by atoms with E-state index in [0.29, 0.717) is 6.61 Å². The molecule has 0 spiro atoms. The van der Waals surface area contributed by atoms with Crippen molar-refractivity contribution in [3.8, 4) is 0 Å². The van der Waals surface area contributed by atoms with E-state index in [1.54, 1.807) is 7.11 Å². The number of H-pyrrole nitrogens is 1. The van der Waals surface area contributed by atoms with E-state index < -0.39 is 0 Å². The van der Waals surface area contributed by atoms with E-state index in [4.69, 9.17) is 16.3 Å². The monoisotopic (exact) mass is 293 g/mol. The largest absolute Gasteiger partial charge is 0.385 e. The molecule has 5 heteroatoms. The molecule has 2 aromatic rings. The molecule has 0 saturated carbocycles. The van der Waals surface area contributed by atoms with Gasteiger partial charge in [-0.05, 0) is 31.0 Å². The zero-order valence-electron chi connectivity index (χ0n) is 11.8. The number of methoxy groups -OCH3 is 1. The zero-order valence-corrected chi connectivity index (χ0v) is 12.5. The van der Waals surface area contributed by atoms with Gasteiger partial charge in [0.15, 0.2) is 0 Å². The SMILES string of the molecule is COCC[C@H](N[C@@H](C)c1cn[nH]c1)c1ccc(Cl)cc1. The lowest BCUT2D eigenvalue weighted by molar-refractivity contribution is 0.181. The minimum Gasteiger partial charge on any atom is -0.385 e. The summed E-state index contributed by atoms with van der Waals surface area (Å²) in [5, 5.41) is 11.2. The molecule has 0 aliphatic carbocycles. The number of benzene rings is 1. The second kappa shape index (κ2) is 7.43. The Morgan fingerprint density at radius 1 is 1.30 bits per heavy atom. The van der Waals surface area contributed by atoms with E-state index in [-0.39, 0.29) is 12.1 Å². The van der Waals surface area contributed by atoms with Gasteiger partial charge in [-0.3, -0.25) is 5.10 Å². The minimum atomic E-state index is 0.214. The van der Waals surface area contributed by atoms with E-state index in [1.807, 2.05) is 24.5 Å². The van der Waals surface area contributed by atoms with Crippen LogP contribution in [0.5, 0.6) is 0 Å². The maximum atomic E-state index is 5.95. The molecule has 2 rings (SSSR count). The van der Waals surface area contributed by atoms with Gasteiger partial charge in [-0.2, -0.15) is 5.10 Å². The van der Waals surface area contributed by atoms with Gasteiger partial charge in [0.05, 0.1) is 6.20 Å². The van der Waals surface area contributed by atoms with Crippen LogP contribution in [0.25, 0.3) is 0 Å². The van der Waals surface area contributed by atoms with Crippen molar-refractivity contribution in [3.05, 3.63) is 52.8 Å². The number of ether oxygens (including phenoxy) is 1. The summed E-state index contributed by atoms with van der Waals surface area (Å²) in [6, 6.07) is 8.38. The summed E-state index contributed by atoms with van der Waals surface area (Å²) in [4.78, 5) is 0. The fourth-order valence-electron chi connectivity index (χ4n) is 2.17. The fraction of sp³-hybridized carbons (Fsp3) is 0.400. The quantitative estimate of drug-likeness (QED) is 0.821. The molecule has 0 aliphatic heterocycles. The molecule has 0 amide bonds. The van der Waals surface area contributed by atoms with Crippen molar-refractivity contribution in [1.29, 1.82) is 0 Å². The summed E-state index contributed by atoms with van der Waals surface area (Å²) in [5.74, 6) is 0. The van der Waals surface area contributed by atoms with Crippen LogP contribution in [0.2, 0.25) is 5.02 Å². The minimum absolute atomic E-state index is 0.214. The van der Waals surface area contributed by atoms with Crippen LogP contribution in [-0.2, 0) is 4.74 Å². The zero-order chi connectivity index (χ0) is 14.4. The third-order valence-corrected chi connectivity index (χ3v) is 3.61. The van der Waals surface area contributed by atoms with Crippen LogP contribution in [-0.4, -0.2) is 23.9 Å². The molecule has 0 aliphatic rings. The van der Waals surface area contributed by atoms with Crippen LogP contribution < -0.4 is 5.32 Å². The van der Waals surface area contributed by atoms with Crippen molar-refractivity contribution in [2.24, 2.45) is 0 Å². The molecule has 0 fully saturated rings. The Morgan fingerprint density at radius 3 is 2.65 bits per heavy atom. The van der Waals surface area contributed by atoms with E-state index in [0.717, 1.165) is 17.0 Å². The topological polar surface area (TPSA) is 49.9 Å². The average molecular weight is 294 g/mol. The predicted octanol–water partition coefficient (Wildman–Crippen LogP) is 3.49. The molecule has 1 aromatic carbocycles. The van der Waals surface area contributed by atoms with Crippen molar-refractivity contribution in [2.45, 2.75) is 25.4 Å². The predicted molar refractivity (Wildman–Crippen MR) is 80.8 cm³/mol. The first-order valence-electron chi connectivity index (χ1n) is 6.70. The van der Waals surface area contributed by atoms with Crippen LogP contribution in [0, 0.1) is 0 Å². The first-order valence-corrected chi connectivity index (χ1v) is 7.07. The number of rotatable bonds is 7. The highest BCUT2D eigenvalue weighted by Gasteiger charge is 2.15. The van der Waals surface area contributed by atoms with Crippen molar-refractivity contribution in [3.63, 3.8) is 0 Å². The number of aromatic amines is 1. The molecule has 2 atom stereocenters. The Bertz CT molecular complexity index is 498. The maximum Gasteiger partial charge on any atom is 0.0534 e. The van der Waals surface area contributed by atoms with Gasteiger partial charge in [-0.15, -0.1) is 0 Å². The number of nitrogens with one attached hydrogen (secondary N) is 2. The number of halogens is 1. The molecule has 108 valence electrons. The fourth-order valence-corrected chi connectivity index (χ4v) is 2.30. The van der Waals surface area contributed by atoms with Gasteiger partial charge in [0.1, 0.15) is 0 Å². The Balaban J connectivity index is 2.08. The molecular weight excluding hydrogens is 274 g/mol. The van der Waals surface area contributed by atoms with E-state index in [9.17, 15) is 0 Å². The third kappa shape index (κ3) is 4.07. The van der Waals surface area contributed by atoms with Crippen molar-refractivity contribution < 1.29 is 4.74 Å². The van der Waals surface area contributed by atoms with Gasteiger partial charge in [0.2, 0.25) is 0 Å². The highest BCUT2D eigenvalue weighted by molar-refractivity contribution is 6.30. The van der Waals surface area contributed by atoms with E-state index >= 15 is 0 Å². The summed E-state index contributed by atoms with van der Waals surface area (Å²) in [7, 11) is 1.72. The van der Waals surface area contributed by atoms with Crippen molar-refractivity contribution in [1.82, 2.24) is 15.5 Å². The Morgan fingerprint density at radius 2 is 2.05 bits per heavy atom. The molecule has 4 nitrogen and oxygen atoms in total. The van der Waals surface area contributed by atoms with Crippen molar-refractivity contribution in [2.75, 3.05) is 13.7 Å². The summed E-state index contributed by atoms with van der Waals surface area (Å²) in [6.45, 7) is 2.83. The summed E-state index contributed by atoms with van der Waals surface area (Å²) < 4.78 is 5.21. The normalized spacial score (nSPS) is 14.2. The second-order valence-corrected chi connectivity index (χ2v) is 5.24. The van der Waals surface area contributed by atoms with Crippen molar-refractivity contribution >= 4 is 11.6 Å². The number of hydrogen-bond acceptors (Lipinski definition) is 3. The van der Waals surface area contributed by atoms with Gasteiger partial charge >= 0.3 is 0 Å². The second-order valence-electron chi connectivity index (χ2n) is 4.81. The van der Waals surface area contributed by atoms with Gasteiger partial charge in [0, 0.05) is 42.6 Å². The van der Waals surface area contributed by atoms with Gasteiger partial charge in [-0.25, -0.2) is 0 Å². The Kier molecular flexibility index (Phi) is 5.59. The number of hydrogen-bond donors (Lipinski definition) is 2. The lowest BCUT2D eigenvalue weighted by Crippen LogP contribution is -2.25. The first kappa shape index (κ1) is 15.0. The molecule has 1 aromatic heterocycles. The van der Waals surface area contributed by atoms with Crippen LogP contribution >= 0.6 is 11.6 Å². The third-order valence-electron chi connectivity index (χ3n) is 3.35. The first-order chi connectivity index (χ1) is 9.70. The molecule has 0 saturated heterocycles.